The Hall–Kier alpha value is -1.30. The van der Waals surface area contributed by atoms with Gasteiger partial charge in [-0.1, -0.05) is 0 Å². The van der Waals surface area contributed by atoms with Crippen LogP contribution < -0.4 is 10.2 Å². The highest BCUT2D eigenvalue weighted by molar-refractivity contribution is 5.44. The van der Waals surface area contributed by atoms with Gasteiger partial charge in [0.2, 0.25) is 0 Å². The van der Waals surface area contributed by atoms with Gasteiger partial charge in [0.15, 0.2) is 0 Å². The maximum atomic E-state index is 12.9. The van der Waals surface area contributed by atoms with Gasteiger partial charge in [0.25, 0.3) is 0 Å². The first kappa shape index (κ1) is 14.6. The first-order valence-corrected chi connectivity index (χ1v) is 7.54. The van der Waals surface area contributed by atoms with Crippen LogP contribution in [0.5, 0.6) is 0 Å². The zero-order chi connectivity index (χ0) is 14.9. The van der Waals surface area contributed by atoms with Crippen LogP contribution in [0.2, 0.25) is 0 Å². The number of piperidine rings is 1. The maximum Gasteiger partial charge on any atom is 0.416 e. The minimum absolute atomic E-state index is 0.371. The first-order chi connectivity index (χ1) is 10.0. The Morgan fingerprint density at radius 2 is 1.90 bits per heavy atom. The summed E-state index contributed by atoms with van der Waals surface area (Å²) in [6.45, 7) is 2.82. The molecule has 0 radical (unpaired) electrons. The van der Waals surface area contributed by atoms with E-state index < -0.39 is 11.7 Å². The van der Waals surface area contributed by atoms with E-state index in [0.29, 0.717) is 17.8 Å². The Balaban J connectivity index is 1.77. The Kier molecular flexibility index (Phi) is 4.06. The Morgan fingerprint density at radius 3 is 2.52 bits per heavy atom. The zero-order valence-corrected chi connectivity index (χ0v) is 11.9. The molecule has 2 heterocycles. The number of pyridine rings is 1. The molecule has 1 saturated heterocycles. The monoisotopic (exact) mass is 299 g/mol. The summed E-state index contributed by atoms with van der Waals surface area (Å²) in [7, 11) is 0. The van der Waals surface area contributed by atoms with Crippen molar-refractivity contribution in [1.29, 1.82) is 0 Å². The van der Waals surface area contributed by atoms with Crippen molar-refractivity contribution in [2.75, 3.05) is 24.5 Å². The summed E-state index contributed by atoms with van der Waals surface area (Å²) in [6.07, 6.45) is 1.26. The van der Waals surface area contributed by atoms with E-state index in [1.54, 1.807) is 0 Å². The number of halogens is 3. The molecule has 0 unspecified atom stereocenters. The van der Waals surface area contributed by atoms with E-state index in [0.717, 1.165) is 51.4 Å². The molecule has 0 atom stereocenters. The lowest BCUT2D eigenvalue weighted by molar-refractivity contribution is -0.137. The second-order valence-electron chi connectivity index (χ2n) is 5.98. The molecule has 0 amide bonds. The normalized spacial score (nSPS) is 20.5. The van der Waals surface area contributed by atoms with Gasteiger partial charge < -0.3 is 10.2 Å². The molecule has 6 heteroatoms. The highest BCUT2D eigenvalue weighted by Crippen LogP contribution is 2.35. The van der Waals surface area contributed by atoms with Crippen LogP contribution in [0, 0.1) is 5.92 Å². The van der Waals surface area contributed by atoms with Crippen LogP contribution >= 0.6 is 0 Å². The second-order valence-corrected chi connectivity index (χ2v) is 5.98. The standard InChI is InChI=1S/C15H20F3N3/c16-15(17,18)12-5-8-20-14(9-12)21(13-1-2-13)10-11-3-6-19-7-4-11/h5,8-9,11,13,19H,1-4,6-7,10H2. The number of alkyl halides is 3. The number of aromatic nitrogens is 1. The van der Waals surface area contributed by atoms with Crippen molar-refractivity contribution in [1.82, 2.24) is 10.3 Å². The summed E-state index contributed by atoms with van der Waals surface area (Å²) in [5, 5.41) is 3.32. The molecule has 1 aromatic rings. The highest BCUT2D eigenvalue weighted by Gasteiger charge is 2.35. The Labute approximate surface area is 122 Å². The predicted molar refractivity (Wildman–Crippen MR) is 75.2 cm³/mol. The number of rotatable bonds is 4. The molecule has 3 rings (SSSR count). The molecule has 21 heavy (non-hydrogen) atoms. The summed E-state index contributed by atoms with van der Waals surface area (Å²) >= 11 is 0. The predicted octanol–water partition coefficient (Wildman–Crippen LogP) is 3.07. The molecule has 1 aliphatic heterocycles. The molecule has 1 aromatic heterocycles. The molecule has 0 spiro atoms. The fourth-order valence-electron chi connectivity index (χ4n) is 2.91. The van der Waals surface area contributed by atoms with Gasteiger partial charge in [0, 0.05) is 18.8 Å². The van der Waals surface area contributed by atoms with E-state index in [2.05, 4.69) is 15.2 Å². The van der Waals surface area contributed by atoms with Crippen LogP contribution in [0.25, 0.3) is 0 Å². The van der Waals surface area contributed by atoms with Crippen molar-refractivity contribution in [2.45, 2.75) is 37.9 Å². The van der Waals surface area contributed by atoms with Gasteiger partial charge >= 0.3 is 6.18 Å². The Morgan fingerprint density at radius 1 is 1.19 bits per heavy atom. The third-order valence-corrected chi connectivity index (χ3v) is 4.27. The van der Waals surface area contributed by atoms with E-state index in [9.17, 15) is 13.2 Å². The molecule has 1 saturated carbocycles. The highest BCUT2D eigenvalue weighted by atomic mass is 19.4. The van der Waals surface area contributed by atoms with E-state index in [-0.39, 0.29) is 0 Å². The van der Waals surface area contributed by atoms with Crippen molar-refractivity contribution >= 4 is 5.82 Å². The van der Waals surface area contributed by atoms with Gasteiger partial charge in [-0.25, -0.2) is 4.98 Å². The zero-order valence-electron chi connectivity index (χ0n) is 11.9. The minimum Gasteiger partial charge on any atom is -0.353 e. The van der Waals surface area contributed by atoms with Crippen molar-refractivity contribution in [3.63, 3.8) is 0 Å². The van der Waals surface area contributed by atoms with Gasteiger partial charge in [-0.3, -0.25) is 0 Å². The van der Waals surface area contributed by atoms with Crippen molar-refractivity contribution in [2.24, 2.45) is 5.92 Å². The average molecular weight is 299 g/mol. The van der Waals surface area contributed by atoms with Crippen LogP contribution in [-0.4, -0.2) is 30.7 Å². The topological polar surface area (TPSA) is 28.2 Å². The Bertz CT molecular complexity index is 479. The van der Waals surface area contributed by atoms with Crippen LogP contribution in [-0.2, 0) is 6.18 Å². The van der Waals surface area contributed by atoms with Gasteiger partial charge in [-0.15, -0.1) is 0 Å². The lowest BCUT2D eigenvalue weighted by Crippen LogP contribution is -2.37. The fourth-order valence-corrected chi connectivity index (χ4v) is 2.91. The van der Waals surface area contributed by atoms with Crippen LogP contribution in [0.15, 0.2) is 18.3 Å². The van der Waals surface area contributed by atoms with Crippen LogP contribution in [0.1, 0.15) is 31.2 Å². The third kappa shape index (κ3) is 3.67. The third-order valence-electron chi connectivity index (χ3n) is 4.27. The molecule has 1 aliphatic carbocycles. The van der Waals surface area contributed by atoms with Crippen LogP contribution in [0.4, 0.5) is 19.0 Å². The molecule has 2 aliphatic rings. The van der Waals surface area contributed by atoms with E-state index >= 15 is 0 Å². The fraction of sp³-hybridized carbons (Fsp3) is 0.667. The van der Waals surface area contributed by atoms with Crippen molar-refractivity contribution in [3.8, 4) is 0 Å². The summed E-state index contributed by atoms with van der Waals surface area (Å²) < 4.78 is 38.6. The lowest BCUT2D eigenvalue weighted by Gasteiger charge is -2.31. The quantitative estimate of drug-likeness (QED) is 0.926. The molecule has 0 bridgehead atoms. The molecule has 2 fully saturated rings. The van der Waals surface area contributed by atoms with E-state index in [4.69, 9.17) is 0 Å². The summed E-state index contributed by atoms with van der Waals surface area (Å²) in [5.41, 5.74) is -0.608. The summed E-state index contributed by atoms with van der Waals surface area (Å²) in [5.74, 6) is 1.02. The molecular formula is C15H20F3N3. The molecule has 3 nitrogen and oxygen atoms in total. The van der Waals surface area contributed by atoms with Gasteiger partial charge in [0.1, 0.15) is 5.82 Å². The second kappa shape index (κ2) is 5.83. The lowest BCUT2D eigenvalue weighted by atomic mass is 9.97. The molecule has 116 valence electrons. The van der Waals surface area contributed by atoms with Gasteiger partial charge in [-0.05, 0) is 56.8 Å². The largest absolute Gasteiger partial charge is 0.416 e. The number of nitrogens with one attached hydrogen (secondary N) is 1. The smallest absolute Gasteiger partial charge is 0.353 e. The molecule has 1 N–H and O–H groups in total. The van der Waals surface area contributed by atoms with Crippen molar-refractivity contribution < 1.29 is 13.2 Å². The number of anilines is 1. The van der Waals surface area contributed by atoms with E-state index in [1.807, 2.05) is 0 Å². The van der Waals surface area contributed by atoms with Crippen LogP contribution in [0.3, 0.4) is 0 Å². The van der Waals surface area contributed by atoms with E-state index in [1.165, 1.54) is 12.3 Å². The average Bonchev–Trinajstić information content (AvgIpc) is 3.30. The number of nitrogens with zero attached hydrogens (tertiary/aromatic N) is 2. The van der Waals surface area contributed by atoms with Gasteiger partial charge in [-0.2, -0.15) is 13.2 Å². The van der Waals surface area contributed by atoms with Crippen molar-refractivity contribution in [3.05, 3.63) is 23.9 Å². The summed E-state index contributed by atoms with van der Waals surface area (Å²) in [6, 6.07) is 2.61. The number of hydrogen-bond donors (Lipinski definition) is 1. The molecule has 0 aromatic carbocycles. The van der Waals surface area contributed by atoms with Gasteiger partial charge in [0.05, 0.1) is 5.56 Å². The molecular weight excluding hydrogens is 279 g/mol. The minimum atomic E-state index is -4.30. The maximum absolute atomic E-state index is 12.9. The SMILES string of the molecule is FC(F)(F)c1ccnc(N(CC2CCNCC2)C2CC2)c1. The summed E-state index contributed by atoms with van der Waals surface area (Å²) in [4.78, 5) is 6.28. The number of hydrogen-bond acceptors (Lipinski definition) is 3. The first-order valence-electron chi connectivity index (χ1n) is 7.54.